The van der Waals surface area contributed by atoms with E-state index in [4.69, 9.17) is 4.52 Å². The third-order valence-electron chi connectivity index (χ3n) is 4.78. The van der Waals surface area contributed by atoms with Crippen LogP contribution in [0.5, 0.6) is 0 Å². The van der Waals surface area contributed by atoms with Crippen LogP contribution in [0.1, 0.15) is 64.1 Å². The molecule has 1 fully saturated rings. The first-order valence-corrected chi connectivity index (χ1v) is 9.40. The summed E-state index contributed by atoms with van der Waals surface area (Å²) in [7, 11) is 0. The molecule has 0 aromatic carbocycles. The summed E-state index contributed by atoms with van der Waals surface area (Å²) in [6.07, 6.45) is 5.40. The maximum Gasteiger partial charge on any atom is 0.246 e. The Balaban J connectivity index is 1.77. The first-order chi connectivity index (χ1) is 12.0. The van der Waals surface area contributed by atoms with Crippen LogP contribution in [0.15, 0.2) is 4.52 Å². The number of hydrogen-bond acceptors (Lipinski definition) is 5. The number of rotatable bonds is 8. The van der Waals surface area contributed by atoms with Crippen molar-refractivity contribution >= 4 is 11.8 Å². The Labute approximate surface area is 149 Å². The zero-order chi connectivity index (χ0) is 18.2. The number of aryl methyl sites for hydroxylation is 1. The highest BCUT2D eigenvalue weighted by atomic mass is 16.5. The Morgan fingerprint density at radius 1 is 1.24 bits per heavy atom. The Kier molecular flexibility index (Phi) is 7.40. The number of aromatic nitrogens is 2. The summed E-state index contributed by atoms with van der Waals surface area (Å²) in [5.74, 6) is 1.33. The minimum absolute atomic E-state index is 0.00150. The molecule has 1 aromatic heterocycles. The van der Waals surface area contributed by atoms with Crippen LogP contribution in [0.25, 0.3) is 0 Å². The fourth-order valence-corrected chi connectivity index (χ4v) is 3.43. The largest absolute Gasteiger partial charge is 0.347 e. The van der Waals surface area contributed by atoms with Crippen LogP contribution in [-0.2, 0) is 16.1 Å². The molecule has 7 heteroatoms. The van der Waals surface area contributed by atoms with Gasteiger partial charge in [-0.05, 0) is 32.6 Å². The molecule has 0 bridgehead atoms. The third kappa shape index (κ3) is 5.54. The van der Waals surface area contributed by atoms with Gasteiger partial charge in [0.1, 0.15) is 0 Å². The minimum atomic E-state index is -0.0520. The maximum absolute atomic E-state index is 12.7. The summed E-state index contributed by atoms with van der Waals surface area (Å²) >= 11 is 0. The van der Waals surface area contributed by atoms with Crippen molar-refractivity contribution in [2.45, 2.75) is 65.8 Å². The lowest BCUT2D eigenvalue weighted by Crippen LogP contribution is -2.45. The summed E-state index contributed by atoms with van der Waals surface area (Å²) in [6.45, 7) is 7.58. The van der Waals surface area contributed by atoms with Crippen molar-refractivity contribution < 1.29 is 14.1 Å². The lowest BCUT2D eigenvalue weighted by Gasteiger charge is -2.33. The van der Waals surface area contributed by atoms with E-state index in [2.05, 4.69) is 29.3 Å². The van der Waals surface area contributed by atoms with Crippen LogP contribution in [0.3, 0.4) is 0 Å². The van der Waals surface area contributed by atoms with Crippen LogP contribution in [0.4, 0.5) is 0 Å². The second-order valence-corrected chi connectivity index (χ2v) is 6.83. The van der Waals surface area contributed by atoms with Gasteiger partial charge < -0.3 is 14.7 Å². The molecule has 7 nitrogen and oxygen atoms in total. The van der Waals surface area contributed by atoms with Crippen LogP contribution < -0.4 is 5.32 Å². The average Bonchev–Trinajstić information content (AvgIpc) is 3.04. The van der Waals surface area contributed by atoms with E-state index in [1.54, 1.807) is 6.92 Å². The highest BCUT2D eigenvalue weighted by molar-refractivity contribution is 5.81. The van der Waals surface area contributed by atoms with Gasteiger partial charge in [-0.2, -0.15) is 4.98 Å². The number of likely N-dealkylation sites (tertiary alicyclic amines) is 1. The molecule has 2 heterocycles. The molecule has 0 spiro atoms. The van der Waals surface area contributed by atoms with Crippen LogP contribution >= 0.6 is 0 Å². The van der Waals surface area contributed by atoms with Crippen LogP contribution in [0.2, 0.25) is 0 Å². The zero-order valence-corrected chi connectivity index (χ0v) is 15.6. The van der Waals surface area contributed by atoms with Gasteiger partial charge in [0, 0.05) is 24.9 Å². The Hall–Kier alpha value is -1.92. The molecule has 0 unspecified atom stereocenters. The lowest BCUT2D eigenvalue weighted by atomic mass is 9.92. The molecule has 2 rings (SSSR count). The van der Waals surface area contributed by atoms with Crippen molar-refractivity contribution in [1.29, 1.82) is 0 Å². The number of piperidine rings is 1. The van der Waals surface area contributed by atoms with E-state index in [0.717, 1.165) is 25.7 Å². The van der Waals surface area contributed by atoms with Crippen molar-refractivity contribution in [2.24, 2.45) is 11.8 Å². The summed E-state index contributed by atoms with van der Waals surface area (Å²) in [4.78, 5) is 31.0. The zero-order valence-electron chi connectivity index (χ0n) is 15.6. The highest BCUT2D eigenvalue weighted by Crippen LogP contribution is 2.22. The first kappa shape index (κ1) is 19.4. The highest BCUT2D eigenvalue weighted by Gasteiger charge is 2.30. The van der Waals surface area contributed by atoms with Gasteiger partial charge in [-0.25, -0.2) is 0 Å². The quantitative estimate of drug-likeness (QED) is 0.778. The Morgan fingerprint density at radius 2 is 1.88 bits per heavy atom. The lowest BCUT2D eigenvalue weighted by molar-refractivity contribution is -0.139. The monoisotopic (exact) mass is 350 g/mol. The number of hydrogen-bond donors (Lipinski definition) is 1. The molecule has 1 aromatic rings. The van der Waals surface area contributed by atoms with Crippen molar-refractivity contribution in [1.82, 2.24) is 20.4 Å². The maximum atomic E-state index is 12.7. The number of nitrogens with one attached hydrogen (secondary N) is 1. The molecule has 1 aliphatic heterocycles. The van der Waals surface area contributed by atoms with E-state index in [9.17, 15) is 9.59 Å². The molecular formula is C18H30N4O3. The van der Waals surface area contributed by atoms with Crippen molar-refractivity contribution in [3.8, 4) is 0 Å². The third-order valence-corrected chi connectivity index (χ3v) is 4.78. The van der Waals surface area contributed by atoms with Gasteiger partial charge >= 0.3 is 0 Å². The number of carbonyl (C=O) groups excluding carboxylic acids is 2. The summed E-state index contributed by atoms with van der Waals surface area (Å²) in [5, 5.41) is 6.55. The minimum Gasteiger partial charge on any atom is -0.347 e. The van der Waals surface area contributed by atoms with E-state index in [1.165, 1.54) is 0 Å². The van der Waals surface area contributed by atoms with Gasteiger partial charge in [0.25, 0.3) is 0 Å². The summed E-state index contributed by atoms with van der Waals surface area (Å²) in [6, 6.07) is 0. The van der Waals surface area contributed by atoms with Crippen LogP contribution in [-0.4, -0.2) is 39.9 Å². The van der Waals surface area contributed by atoms with Gasteiger partial charge in [0.05, 0.1) is 6.54 Å². The first-order valence-electron chi connectivity index (χ1n) is 9.40. The van der Waals surface area contributed by atoms with E-state index in [-0.39, 0.29) is 30.2 Å². The molecule has 0 saturated carbocycles. The summed E-state index contributed by atoms with van der Waals surface area (Å²) in [5.41, 5.74) is 0. The molecule has 1 aliphatic rings. The molecular weight excluding hydrogens is 320 g/mol. The second kappa shape index (κ2) is 9.53. The molecule has 0 radical (unpaired) electrons. The SMILES string of the molecule is CCCC(CCC)C(=O)N1CCC(C(=O)NCc2nc(C)no2)CC1. The van der Waals surface area contributed by atoms with Crippen molar-refractivity contribution in [3.05, 3.63) is 11.7 Å². The van der Waals surface area contributed by atoms with E-state index in [0.29, 0.717) is 37.6 Å². The summed E-state index contributed by atoms with van der Waals surface area (Å²) < 4.78 is 4.99. The molecule has 2 amide bonds. The molecule has 1 saturated heterocycles. The fourth-order valence-electron chi connectivity index (χ4n) is 3.43. The predicted molar refractivity (Wildman–Crippen MR) is 93.5 cm³/mol. The van der Waals surface area contributed by atoms with E-state index in [1.807, 2.05) is 4.90 Å². The normalized spacial score (nSPS) is 15.6. The predicted octanol–water partition coefficient (Wildman–Crippen LogP) is 2.45. The van der Waals surface area contributed by atoms with Gasteiger partial charge in [-0.1, -0.05) is 31.8 Å². The smallest absolute Gasteiger partial charge is 0.246 e. The van der Waals surface area contributed by atoms with E-state index >= 15 is 0 Å². The number of nitrogens with zero attached hydrogens (tertiary/aromatic N) is 3. The fraction of sp³-hybridized carbons (Fsp3) is 0.778. The Morgan fingerprint density at radius 3 is 2.40 bits per heavy atom. The molecule has 25 heavy (non-hydrogen) atoms. The van der Waals surface area contributed by atoms with Gasteiger partial charge in [0.15, 0.2) is 5.82 Å². The topological polar surface area (TPSA) is 88.3 Å². The number of carbonyl (C=O) groups is 2. The number of amides is 2. The van der Waals surface area contributed by atoms with Gasteiger partial charge in [0.2, 0.25) is 17.7 Å². The molecule has 0 atom stereocenters. The van der Waals surface area contributed by atoms with E-state index < -0.39 is 0 Å². The average molecular weight is 350 g/mol. The second-order valence-electron chi connectivity index (χ2n) is 6.83. The van der Waals surface area contributed by atoms with Crippen molar-refractivity contribution in [2.75, 3.05) is 13.1 Å². The van der Waals surface area contributed by atoms with Gasteiger partial charge in [-0.15, -0.1) is 0 Å². The standard InChI is InChI=1S/C18H30N4O3/c1-4-6-15(7-5-2)18(24)22-10-8-14(9-11-22)17(23)19-12-16-20-13(3)21-25-16/h14-15H,4-12H2,1-3H3,(H,19,23). The van der Waals surface area contributed by atoms with Gasteiger partial charge in [-0.3, -0.25) is 9.59 Å². The Bertz CT molecular complexity index is 558. The van der Waals surface area contributed by atoms with Crippen LogP contribution in [0, 0.1) is 18.8 Å². The van der Waals surface area contributed by atoms with Crippen molar-refractivity contribution in [3.63, 3.8) is 0 Å². The molecule has 1 N–H and O–H groups in total. The molecule has 0 aliphatic carbocycles. The molecule has 140 valence electrons.